The van der Waals surface area contributed by atoms with Crippen LogP contribution in [0.25, 0.3) is 0 Å². The van der Waals surface area contributed by atoms with E-state index in [1.807, 2.05) is 25.1 Å². The highest BCUT2D eigenvalue weighted by atomic mass is 16.2. The normalized spacial score (nSPS) is 22.3. The highest BCUT2D eigenvalue weighted by Gasteiger charge is 2.45. The average Bonchev–Trinajstić information content (AvgIpc) is 2.71. The molecule has 1 spiro atoms. The van der Waals surface area contributed by atoms with Gasteiger partial charge in [-0.15, -0.1) is 0 Å². The van der Waals surface area contributed by atoms with E-state index in [2.05, 4.69) is 44.9 Å². The van der Waals surface area contributed by atoms with Crippen LogP contribution in [-0.4, -0.2) is 47.0 Å². The third-order valence-corrected chi connectivity index (χ3v) is 6.29. The molecule has 2 aliphatic heterocycles. The lowest BCUT2D eigenvalue weighted by atomic mass is 9.67. The molecule has 2 fully saturated rings. The van der Waals surface area contributed by atoms with Crippen LogP contribution < -0.4 is 4.90 Å². The largest absolute Gasteiger partial charge is 0.356 e. The van der Waals surface area contributed by atoms with E-state index in [1.54, 1.807) is 6.33 Å². The Balaban J connectivity index is 1.53. The average molecular weight is 364 g/mol. The number of aromatic nitrogens is 2. The van der Waals surface area contributed by atoms with Crippen LogP contribution in [0.5, 0.6) is 0 Å². The number of hydrogen-bond acceptors (Lipinski definition) is 4. The number of nitrogens with zero attached hydrogens (tertiary/aromatic N) is 4. The topological polar surface area (TPSA) is 49.3 Å². The van der Waals surface area contributed by atoms with Crippen molar-refractivity contribution < 1.29 is 4.79 Å². The second-order valence-corrected chi connectivity index (χ2v) is 8.02. The quantitative estimate of drug-likeness (QED) is 0.837. The van der Waals surface area contributed by atoms with Crippen LogP contribution in [0.3, 0.4) is 0 Å². The molecule has 142 valence electrons. The van der Waals surface area contributed by atoms with Crippen molar-refractivity contribution in [3.63, 3.8) is 0 Å². The summed E-state index contributed by atoms with van der Waals surface area (Å²) in [5.74, 6) is 1.31. The Kier molecular flexibility index (Phi) is 4.85. The molecular formula is C22H28N4O. The first-order valence-electron chi connectivity index (χ1n) is 9.97. The minimum absolute atomic E-state index is 0.00672. The number of likely N-dealkylation sites (tertiary alicyclic amines) is 1. The van der Waals surface area contributed by atoms with Gasteiger partial charge in [0.15, 0.2) is 0 Å². The molecule has 0 saturated carbocycles. The van der Waals surface area contributed by atoms with E-state index in [1.165, 1.54) is 0 Å². The van der Waals surface area contributed by atoms with E-state index in [9.17, 15) is 4.79 Å². The lowest BCUT2D eigenvalue weighted by Crippen LogP contribution is -2.54. The molecule has 0 aliphatic carbocycles. The Morgan fingerprint density at radius 2 is 1.89 bits per heavy atom. The van der Waals surface area contributed by atoms with Crippen LogP contribution in [0.1, 0.15) is 43.4 Å². The van der Waals surface area contributed by atoms with E-state index >= 15 is 0 Å². The summed E-state index contributed by atoms with van der Waals surface area (Å²) in [6.45, 7) is 7.76. The van der Waals surface area contributed by atoms with Gasteiger partial charge in [0.05, 0.1) is 5.92 Å². The summed E-state index contributed by atoms with van der Waals surface area (Å²) in [7, 11) is 0. The molecule has 0 unspecified atom stereocenters. The van der Waals surface area contributed by atoms with Gasteiger partial charge in [-0.25, -0.2) is 9.97 Å². The number of benzene rings is 1. The van der Waals surface area contributed by atoms with Gasteiger partial charge in [0.25, 0.3) is 0 Å². The number of anilines is 1. The molecule has 27 heavy (non-hydrogen) atoms. The van der Waals surface area contributed by atoms with Crippen LogP contribution in [0, 0.1) is 12.3 Å². The maximum Gasteiger partial charge on any atom is 0.230 e. The van der Waals surface area contributed by atoms with E-state index < -0.39 is 0 Å². The van der Waals surface area contributed by atoms with Gasteiger partial charge in [-0.1, -0.05) is 30.3 Å². The number of hydrogen-bond donors (Lipinski definition) is 0. The molecule has 5 nitrogen and oxygen atoms in total. The van der Waals surface area contributed by atoms with Gasteiger partial charge in [0.1, 0.15) is 12.1 Å². The summed E-state index contributed by atoms with van der Waals surface area (Å²) in [4.78, 5) is 26.1. The first-order chi connectivity index (χ1) is 13.1. The second-order valence-electron chi connectivity index (χ2n) is 8.02. The van der Waals surface area contributed by atoms with Crippen LogP contribution in [0.15, 0.2) is 42.7 Å². The number of carbonyl (C=O) groups excluding carboxylic acids is 1. The summed E-state index contributed by atoms with van der Waals surface area (Å²) >= 11 is 0. The molecule has 1 aromatic heterocycles. The fraction of sp³-hybridized carbons (Fsp3) is 0.500. The van der Waals surface area contributed by atoms with Crippen molar-refractivity contribution in [1.82, 2.24) is 14.9 Å². The smallest absolute Gasteiger partial charge is 0.230 e. The van der Waals surface area contributed by atoms with Crippen molar-refractivity contribution in [3.8, 4) is 0 Å². The number of rotatable bonds is 3. The molecule has 2 saturated heterocycles. The summed E-state index contributed by atoms with van der Waals surface area (Å²) in [6.07, 6.45) is 4.81. The summed E-state index contributed by atoms with van der Waals surface area (Å²) < 4.78 is 0. The number of likely N-dealkylation sites (N-methyl/N-ethyl adjacent to an activating group) is 1. The Hall–Kier alpha value is -2.43. The van der Waals surface area contributed by atoms with Crippen molar-refractivity contribution in [3.05, 3.63) is 54.0 Å². The summed E-state index contributed by atoms with van der Waals surface area (Å²) in [5.41, 5.74) is 2.38. The molecule has 2 aliphatic rings. The van der Waals surface area contributed by atoms with E-state index in [0.29, 0.717) is 5.91 Å². The molecule has 0 radical (unpaired) electrons. The Morgan fingerprint density at radius 1 is 1.15 bits per heavy atom. The van der Waals surface area contributed by atoms with Gasteiger partial charge in [-0.3, -0.25) is 4.79 Å². The van der Waals surface area contributed by atoms with Gasteiger partial charge < -0.3 is 9.80 Å². The zero-order chi connectivity index (χ0) is 18.9. The highest BCUT2D eigenvalue weighted by molar-refractivity contribution is 5.84. The predicted octanol–water partition coefficient (Wildman–Crippen LogP) is 3.41. The lowest BCUT2D eigenvalue weighted by molar-refractivity contribution is -0.140. The fourth-order valence-electron chi connectivity index (χ4n) is 4.69. The summed E-state index contributed by atoms with van der Waals surface area (Å²) in [5, 5.41) is 0. The minimum atomic E-state index is -0.00672. The Morgan fingerprint density at radius 3 is 2.56 bits per heavy atom. The molecule has 2 aromatic rings. The molecule has 5 heteroatoms. The zero-order valence-corrected chi connectivity index (χ0v) is 16.3. The molecular weight excluding hydrogens is 336 g/mol. The van der Waals surface area contributed by atoms with Gasteiger partial charge in [0, 0.05) is 37.9 Å². The molecule has 0 N–H and O–H groups in total. The number of carbonyl (C=O) groups is 1. The van der Waals surface area contributed by atoms with Gasteiger partial charge >= 0.3 is 0 Å². The third-order valence-electron chi connectivity index (χ3n) is 6.29. The van der Waals surface area contributed by atoms with Crippen molar-refractivity contribution in [1.29, 1.82) is 0 Å². The highest BCUT2D eigenvalue weighted by Crippen LogP contribution is 2.45. The first-order valence-corrected chi connectivity index (χ1v) is 9.97. The molecule has 4 rings (SSSR count). The van der Waals surface area contributed by atoms with Crippen LogP contribution in [0.2, 0.25) is 0 Å². The number of aryl methyl sites for hydroxylation is 1. The van der Waals surface area contributed by atoms with Crippen LogP contribution in [-0.2, 0) is 4.79 Å². The van der Waals surface area contributed by atoms with Crippen molar-refractivity contribution in [2.75, 3.05) is 31.1 Å². The first kappa shape index (κ1) is 18.0. The van der Waals surface area contributed by atoms with E-state index in [4.69, 9.17) is 0 Å². The molecule has 1 amide bonds. The zero-order valence-electron chi connectivity index (χ0n) is 16.3. The second kappa shape index (κ2) is 7.29. The van der Waals surface area contributed by atoms with E-state index in [0.717, 1.165) is 62.5 Å². The Labute approximate surface area is 161 Å². The number of piperidine rings is 2. The SMILES string of the molecule is CCN1CC2(CCN(c3cc(C)ncn3)CC2)C[C@H](c2ccccc2)C1=O. The molecule has 1 aromatic carbocycles. The maximum absolute atomic E-state index is 13.0. The van der Waals surface area contributed by atoms with E-state index in [-0.39, 0.29) is 11.3 Å². The lowest BCUT2D eigenvalue weighted by Gasteiger charge is -2.50. The maximum atomic E-state index is 13.0. The standard InChI is InChI=1S/C22H28N4O/c1-3-25-15-22(14-19(21(25)27)18-7-5-4-6-8-18)9-11-26(12-10-22)20-13-17(2)23-16-24-20/h4-8,13,16,19H,3,9-12,14-15H2,1-2H3/t19-/m1/s1. The number of amides is 1. The Bertz CT molecular complexity index is 799. The summed E-state index contributed by atoms with van der Waals surface area (Å²) in [6, 6.07) is 12.4. The van der Waals surface area contributed by atoms with Gasteiger partial charge in [-0.05, 0) is 44.1 Å². The molecule has 1 atom stereocenters. The monoisotopic (exact) mass is 364 g/mol. The van der Waals surface area contributed by atoms with Gasteiger partial charge in [0.2, 0.25) is 5.91 Å². The van der Waals surface area contributed by atoms with Crippen LogP contribution >= 0.6 is 0 Å². The fourth-order valence-corrected chi connectivity index (χ4v) is 4.69. The van der Waals surface area contributed by atoms with Crippen molar-refractivity contribution >= 4 is 11.7 Å². The predicted molar refractivity (Wildman–Crippen MR) is 107 cm³/mol. The van der Waals surface area contributed by atoms with Crippen molar-refractivity contribution in [2.45, 2.75) is 39.0 Å². The third kappa shape index (κ3) is 3.55. The minimum Gasteiger partial charge on any atom is -0.356 e. The van der Waals surface area contributed by atoms with Crippen LogP contribution in [0.4, 0.5) is 5.82 Å². The molecule has 0 bridgehead atoms. The molecule has 3 heterocycles. The van der Waals surface area contributed by atoms with Gasteiger partial charge in [-0.2, -0.15) is 0 Å². The van der Waals surface area contributed by atoms with Crippen molar-refractivity contribution in [2.24, 2.45) is 5.41 Å².